The fraction of sp³-hybridized carbons (Fsp3) is 0.300. The first-order chi connectivity index (χ1) is 6.88. The quantitative estimate of drug-likeness (QED) is 0.437. The van der Waals surface area contributed by atoms with Crippen molar-refractivity contribution in [1.82, 2.24) is 0 Å². The maximum Gasteiger partial charge on any atom is 0.416 e. The van der Waals surface area contributed by atoms with E-state index in [4.69, 9.17) is 5.21 Å². The highest BCUT2D eigenvalue weighted by Gasteiger charge is 2.32. The van der Waals surface area contributed by atoms with Crippen LogP contribution in [0.2, 0.25) is 0 Å². The fourth-order valence-electron chi connectivity index (χ4n) is 1.39. The van der Waals surface area contributed by atoms with Crippen LogP contribution in [0.3, 0.4) is 0 Å². The van der Waals surface area contributed by atoms with Gasteiger partial charge in [-0.3, -0.25) is 0 Å². The maximum atomic E-state index is 12.5. The third-order valence-corrected chi connectivity index (χ3v) is 2.18. The van der Waals surface area contributed by atoms with Crippen molar-refractivity contribution in [2.45, 2.75) is 20.0 Å². The molecule has 0 saturated carbocycles. The highest BCUT2D eigenvalue weighted by molar-refractivity contribution is 5.99. The van der Waals surface area contributed by atoms with Crippen LogP contribution in [0.15, 0.2) is 23.4 Å². The number of hydrogen-bond donors (Lipinski definition) is 1. The molecule has 0 aliphatic heterocycles. The van der Waals surface area contributed by atoms with Crippen LogP contribution in [0.25, 0.3) is 0 Å². The van der Waals surface area contributed by atoms with Gasteiger partial charge >= 0.3 is 6.18 Å². The molecule has 0 aliphatic carbocycles. The first-order valence-corrected chi connectivity index (χ1v) is 4.23. The van der Waals surface area contributed by atoms with Crippen molar-refractivity contribution in [3.63, 3.8) is 0 Å². The zero-order valence-electron chi connectivity index (χ0n) is 8.26. The van der Waals surface area contributed by atoms with Crippen LogP contribution in [-0.2, 0) is 6.18 Å². The van der Waals surface area contributed by atoms with E-state index in [0.717, 1.165) is 6.07 Å². The number of nitrogens with zero attached hydrogens (tertiary/aromatic N) is 1. The Labute approximate surface area is 85.0 Å². The molecule has 0 aliphatic rings. The predicted molar refractivity (Wildman–Crippen MR) is 50.2 cm³/mol. The topological polar surface area (TPSA) is 32.6 Å². The lowest BCUT2D eigenvalue weighted by Crippen LogP contribution is -2.10. The Kier molecular flexibility index (Phi) is 3.02. The molecule has 0 heterocycles. The summed E-state index contributed by atoms with van der Waals surface area (Å²) in [5.41, 5.74) is -0.172. The molecule has 0 atom stereocenters. The second-order valence-corrected chi connectivity index (χ2v) is 3.16. The van der Waals surface area contributed by atoms with Gasteiger partial charge in [0.05, 0.1) is 11.3 Å². The van der Waals surface area contributed by atoms with Crippen molar-refractivity contribution in [2.75, 3.05) is 0 Å². The lowest BCUT2D eigenvalue weighted by molar-refractivity contribution is -0.138. The molecule has 1 aromatic rings. The average Bonchev–Trinajstić information content (AvgIpc) is 2.15. The van der Waals surface area contributed by atoms with Gasteiger partial charge in [-0.05, 0) is 25.5 Å². The molecule has 15 heavy (non-hydrogen) atoms. The van der Waals surface area contributed by atoms with Gasteiger partial charge in [0, 0.05) is 5.56 Å². The molecule has 1 rings (SSSR count). The molecule has 0 spiro atoms. The van der Waals surface area contributed by atoms with E-state index < -0.39 is 11.7 Å². The van der Waals surface area contributed by atoms with Crippen LogP contribution in [0.5, 0.6) is 0 Å². The SMILES string of the molecule is C/C(=N/O)c1cccc(C(F)(F)F)c1C. The second-order valence-electron chi connectivity index (χ2n) is 3.16. The summed E-state index contributed by atoms with van der Waals surface area (Å²) >= 11 is 0. The van der Waals surface area contributed by atoms with Gasteiger partial charge in [-0.15, -0.1) is 0 Å². The molecule has 82 valence electrons. The van der Waals surface area contributed by atoms with Gasteiger partial charge in [-0.2, -0.15) is 13.2 Å². The Hall–Kier alpha value is -1.52. The normalized spacial score (nSPS) is 13.0. The van der Waals surface area contributed by atoms with E-state index in [2.05, 4.69) is 5.16 Å². The molecule has 0 radical (unpaired) electrons. The summed E-state index contributed by atoms with van der Waals surface area (Å²) in [5.74, 6) is 0. The van der Waals surface area contributed by atoms with Gasteiger partial charge in [0.25, 0.3) is 0 Å². The third kappa shape index (κ3) is 2.29. The largest absolute Gasteiger partial charge is 0.416 e. The fourth-order valence-corrected chi connectivity index (χ4v) is 1.39. The minimum absolute atomic E-state index is 0.0697. The predicted octanol–water partition coefficient (Wildman–Crippen LogP) is 3.21. The molecule has 1 aromatic carbocycles. The first-order valence-electron chi connectivity index (χ1n) is 4.23. The number of benzene rings is 1. The standard InChI is InChI=1S/C10H10F3NO/c1-6-8(7(2)14-15)4-3-5-9(6)10(11,12)13/h3-5,15H,1-2H3/b14-7-. The minimum atomic E-state index is -4.38. The Morgan fingerprint density at radius 1 is 1.33 bits per heavy atom. The van der Waals surface area contributed by atoms with E-state index in [-0.39, 0.29) is 11.3 Å². The zero-order valence-corrected chi connectivity index (χ0v) is 8.26. The van der Waals surface area contributed by atoms with Gasteiger partial charge in [-0.25, -0.2) is 0 Å². The van der Waals surface area contributed by atoms with Crippen LogP contribution >= 0.6 is 0 Å². The Bertz CT molecular complexity index is 396. The highest BCUT2D eigenvalue weighted by atomic mass is 19.4. The van der Waals surface area contributed by atoms with Gasteiger partial charge in [0.15, 0.2) is 0 Å². The lowest BCUT2D eigenvalue weighted by atomic mass is 9.99. The van der Waals surface area contributed by atoms with Crippen LogP contribution in [0, 0.1) is 6.92 Å². The molecule has 0 bridgehead atoms. The Balaban J connectivity index is 3.36. The van der Waals surface area contributed by atoms with Crippen molar-refractivity contribution in [3.8, 4) is 0 Å². The zero-order chi connectivity index (χ0) is 11.6. The molecule has 0 fully saturated rings. The van der Waals surface area contributed by atoms with Gasteiger partial charge in [0.1, 0.15) is 0 Å². The van der Waals surface area contributed by atoms with E-state index >= 15 is 0 Å². The molecule has 1 N–H and O–H groups in total. The van der Waals surface area contributed by atoms with Crippen LogP contribution < -0.4 is 0 Å². The Morgan fingerprint density at radius 3 is 2.40 bits per heavy atom. The number of halogens is 3. The summed E-state index contributed by atoms with van der Waals surface area (Å²) in [7, 11) is 0. The number of alkyl halides is 3. The van der Waals surface area contributed by atoms with E-state index in [1.165, 1.54) is 26.0 Å². The molecule has 5 heteroatoms. The summed E-state index contributed by atoms with van der Waals surface area (Å²) in [6.45, 7) is 2.80. The lowest BCUT2D eigenvalue weighted by Gasteiger charge is -2.12. The van der Waals surface area contributed by atoms with Crippen molar-refractivity contribution < 1.29 is 18.4 Å². The monoisotopic (exact) mass is 217 g/mol. The van der Waals surface area contributed by atoms with Gasteiger partial charge in [0.2, 0.25) is 0 Å². The molecule has 0 saturated heterocycles. The van der Waals surface area contributed by atoms with Gasteiger partial charge < -0.3 is 5.21 Å². The van der Waals surface area contributed by atoms with Gasteiger partial charge in [-0.1, -0.05) is 17.3 Å². The van der Waals surface area contributed by atoms with E-state index in [1.54, 1.807) is 0 Å². The van der Waals surface area contributed by atoms with Crippen molar-refractivity contribution >= 4 is 5.71 Å². The van der Waals surface area contributed by atoms with Crippen molar-refractivity contribution in [2.24, 2.45) is 5.16 Å². The average molecular weight is 217 g/mol. The molecule has 0 unspecified atom stereocenters. The van der Waals surface area contributed by atoms with Crippen molar-refractivity contribution in [1.29, 1.82) is 0 Å². The summed E-state index contributed by atoms with van der Waals surface area (Å²) in [5, 5.41) is 11.4. The molecule has 0 aromatic heterocycles. The number of hydrogen-bond acceptors (Lipinski definition) is 2. The molecular weight excluding hydrogens is 207 g/mol. The highest BCUT2D eigenvalue weighted by Crippen LogP contribution is 2.32. The number of rotatable bonds is 1. The van der Waals surface area contributed by atoms with Crippen LogP contribution in [-0.4, -0.2) is 10.9 Å². The third-order valence-electron chi connectivity index (χ3n) is 2.18. The van der Waals surface area contributed by atoms with E-state index in [0.29, 0.717) is 5.56 Å². The first kappa shape index (κ1) is 11.6. The van der Waals surface area contributed by atoms with Crippen LogP contribution in [0.1, 0.15) is 23.6 Å². The Morgan fingerprint density at radius 2 is 1.93 bits per heavy atom. The van der Waals surface area contributed by atoms with E-state index in [9.17, 15) is 13.2 Å². The smallest absolute Gasteiger partial charge is 0.411 e. The molecular formula is C10H10F3NO. The second kappa shape index (κ2) is 3.92. The van der Waals surface area contributed by atoms with Crippen molar-refractivity contribution in [3.05, 3.63) is 34.9 Å². The maximum absolute atomic E-state index is 12.5. The molecule has 0 amide bonds. The molecule has 2 nitrogen and oxygen atoms in total. The summed E-state index contributed by atoms with van der Waals surface area (Å²) in [6.07, 6.45) is -4.38. The summed E-state index contributed by atoms with van der Waals surface area (Å²) < 4.78 is 37.5. The minimum Gasteiger partial charge on any atom is -0.411 e. The summed E-state index contributed by atoms with van der Waals surface area (Å²) in [4.78, 5) is 0. The van der Waals surface area contributed by atoms with E-state index in [1.807, 2.05) is 0 Å². The number of oxime groups is 1. The van der Waals surface area contributed by atoms with Crippen LogP contribution in [0.4, 0.5) is 13.2 Å². The summed E-state index contributed by atoms with van der Waals surface area (Å²) in [6, 6.07) is 3.78.